The van der Waals surface area contributed by atoms with Crippen LogP contribution in [0.4, 0.5) is 0 Å². The van der Waals surface area contributed by atoms with Gasteiger partial charge in [-0.15, -0.1) is 0 Å². The molecule has 0 spiro atoms. The molecule has 15 heavy (non-hydrogen) atoms. The maximum absolute atomic E-state index is 11.6. The quantitative estimate of drug-likeness (QED) is 0.834. The average molecular weight is 271 g/mol. The molecule has 0 saturated heterocycles. The lowest BCUT2D eigenvalue weighted by atomic mass is 10.1. The molecule has 0 saturated carbocycles. The van der Waals surface area contributed by atoms with Crippen LogP contribution < -0.4 is 5.32 Å². The van der Waals surface area contributed by atoms with Gasteiger partial charge < -0.3 is 5.32 Å². The molecule has 0 aliphatic rings. The van der Waals surface area contributed by atoms with Crippen LogP contribution in [-0.4, -0.2) is 22.8 Å². The number of nitrogens with one attached hydrogen (secondary N) is 1. The molecule has 0 radical (unpaired) electrons. The van der Waals surface area contributed by atoms with Gasteiger partial charge in [-0.3, -0.25) is 9.78 Å². The first-order valence-corrected chi connectivity index (χ1v) is 6.11. The van der Waals surface area contributed by atoms with Gasteiger partial charge in [0.2, 0.25) is 0 Å². The van der Waals surface area contributed by atoms with E-state index in [-0.39, 0.29) is 5.91 Å². The Bertz CT molecular complexity index is 303. The Hall–Kier alpha value is -0.900. The summed E-state index contributed by atoms with van der Waals surface area (Å²) in [5.74, 6) is 0.383. The standard InChI is InChI=1S/C11H15BrN2O/c1-9(5-6-12)8-14-11(15)10-4-2-3-7-13-10/h2-4,7,9H,5-6,8H2,1H3,(H,14,15). The molecular weight excluding hydrogens is 256 g/mol. The van der Waals surface area contributed by atoms with Crippen LogP contribution in [0.15, 0.2) is 24.4 Å². The van der Waals surface area contributed by atoms with Gasteiger partial charge in [0, 0.05) is 18.1 Å². The van der Waals surface area contributed by atoms with E-state index in [4.69, 9.17) is 0 Å². The number of carbonyl (C=O) groups excluding carboxylic acids is 1. The van der Waals surface area contributed by atoms with Gasteiger partial charge in [0.05, 0.1) is 0 Å². The molecule has 0 bridgehead atoms. The Labute approximate surface area is 98.4 Å². The van der Waals surface area contributed by atoms with E-state index >= 15 is 0 Å². The largest absolute Gasteiger partial charge is 0.350 e. The summed E-state index contributed by atoms with van der Waals surface area (Å²) in [4.78, 5) is 15.5. The Kier molecular flexibility index (Phi) is 5.32. The van der Waals surface area contributed by atoms with E-state index in [9.17, 15) is 4.79 Å². The van der Waals surface area contributed by atoms with Gasteiger partial charge in [-0.2, -0.15) is 0 Å². The van der Waals surface area contributed by atoms with Crippen molar-refractivity contribution < 1.29 is 4.79 Å². The van der Waals surface area contributed by atoms with E-state index < -0.39 is 0 Å². The molecule has 0 aliphatic carbocycles. The van der Waals surface area contributed by atoms with Crippen LogP contribution in [0.3, 0.4) is 0 Å². The molecule has 82 valence electrons. The minimum atomic E-state index is -0.1000. The topological polar surface area (TPSA) is 42.0 Å². The normalized spacial score (nSPS) is 12.1. The summed E-state index contributed by atoms with van der Waals surface area (Å²) in [6.45, 7) is 2.81. The van der Waals surface area contributed by atoms with Gasteiger partial charge in [0.15, 0.2) is 0 Å². The molecule has 1 aromatic rings. The molecule has 1 unspecified atom stereocenters. The van der Waals surface area contributed by atoms with Crippen molar-refractivity contribution in [1.29, 1.82) is 0 Å². The van der Waals surface area contributed by atoms with Crippen LogP contribution in [0.2, 0.25) is 0 Å². The number of amides is 1. The lowest BCUT2D eigenvalue weighted by molar-refractivity contribution is 0.0943. The minimum absolute atomic E-state index is 0.1000. The molecule has 0 aliphatic heterocycles. The third kappa shape index (κ3) is 4.42. The maximum Gasteiger partial charge on any atom is 0.269 e. The van der Waals surface area contributed by atoms with Crippen molar-refractivity contribution in [2.24, 2.45) is 5.92 Å². The number of nitrogens with zero attached hydrogens (tertiary/aromatic N) is 1. The van der Waals surface area contributed by atoms with E-state index in [2.05, 4.69) is 33.2 Å². The fraction of sp³-hybridized carbons (Fsp3) is 0.455. The number of hydrogen-bond acceptors (Lipinski definition) is 2. The molecule has 1 heterocycles. The zero-order valence-corrected chi connectivity index (χ0v) is 10.3. The molecule has 1 atom stereocenters. The molecule has 1 aromatic heterocycles. The first-order chi connectivity index (χ1) is 7.24. The van der Waals surface area contributed by atoms with Gasteiger partial charge in [0.25, 0.3) is 5.91 Å². The zero-order chi connectivity index (χ0) is 11.1. The highest BCUT2D eigenvalue weighted by atomic mass is 79.9. The molecule has 3 nitrogen and oxygen atoms in total. The molecule has 1 N–H and O–H groups in total. The van der Waals surface area contributed by atoms with Gasteiger partial charge >= 0.3 is 0 Å². The highest BCUT2D eigenvalue weighted by Crippen LogP contribution is 2.02. The summed E-state index contributed by atoms with van der Waals surface area (Å²) in [7, 11) is 0. The molecule has 4 heteroatoms. The number of aromatic nitrogens is 1. The summed E-state index contributed by atoms with van der Waals surface area (Å²) in [5, 5.41) is 3.83. The predicted octanol–water partition coefficient (Wildman–Crippen LogP) is 2.23. The lowest BCUT2D eigenvalue weighted by Crippen LogP contribution is -2.29. The van der Waals surface area contributed by atoms with Crippen molar-refractivity contribution in [1.82, 2.24) is 10.3 Å². The van der Waals surface area contributed by atoms with Gasteiger partial charge in [-0.25, -0.2) is 0 Å². The smallest absolute Gasteiger partial charge is 0.269 e. The highest BCUT2D eigenvalue weighted by Gasteiger charge is 2.07. The summed E-state index contributed by atoms with van der Waals surface area (Å²) in [6.07, 6.45) is 2.68. The highest BCUT2D eigenvalue weighted by molar-refractivity contribution is 9.09. The van der Waals surface area contributed by atoms with Crippen LogP contribution in [0.25, 0.3) is 0 Å². The van der Waals surface area contributed by atoms with Crippen molar-refractivity contribution in [3.05, 3.63) is 30.1 Å². The SMILES string of the molecule is CC(CCBr)CNC(=O)c1ccccn1. The summed E-state index contributed by atoms with van der Waals surface area (Å²) in [5.41, 5.74) is 0.476. The van der Waals surface area contributed by atoms with E-state index in [1.807, 2.05) is 6.07 Å². The van der Waals surface area contributed by atoms with Crippen LogP contribution in [0.1, 0.15) is 23.8 Å². The first kappa shape index (κ1) is 12.2. The van der Waals surface area contributed by atoms with Gasteiger partial charge in [-0.1, -0.05) is 28.9 Å². The van der Waals surface area contributed by atoms with Crippen molar-refractivity contribution in [3.63, 3.8) is 0 Å². The van der Waals surface area contributed by atoms with Gasteiger partial charge in [0.1, 0.15) is 5.69 Å². The van der Waals surface area contributed by atoms with Crippen molar-refractivity contribution in [2.45, 2.75) is 13.3 Å². The van der Waals surface area contributed by atoms with Crippen LogP contribution in [0.5, 0.6) is 0 Å². The maximum atomic E-state index is 11.6. The summed E-state index contributed by atoms with van der Waals surface area (Å²) < 4.78 is 0. The third-order valence-corrected chi connectivity index (χ3v) is 2.57. The second-order valence-electron chi connectivity index (χ2n) is 3.51. The van der Waals surface area contributed by atoms with Crippen LogP contribution in [0, 0.1) is 5.92 Å². The number of pyridine rings is 1. The first-order valence-electron chi connectivity index (χ1n) is 4.99. The Morgan fingerprint density at radius 1 is 1.60 bits per heavy atom. The number of rotatable bonds is 5. The fourth-order valence-electron chi connectivity index (χ4n) is 1.14. The van der Waals surface area contributed by atoms with E-state index in [0.29, 0.717) is 18.2 Å². The summed E-state index contributed by atoms with van der Waals surface area (Å²) in [6, 6.07) is 5.32. The van der Waals surface area contributed by atoms with Crippen molar-refractivity contribution in [2.75, 3.05) is 11.9 Å². The second kappa shape index (κ2) is 6.56. The Morgan fingerprint density at radius 3 is 3.00 bits per heavy atom. The van der Waals surface area contributed by atoms with Crippen LogP contribution >= 0.6 is 15.9 Å². The number of halogens is 1. The summed E-state index contributed by atoms with van der Waals surface area (Å²) >= 11 is 3.38. The Balaban J connectivity index is 2.37. The zero-order valence-electron chi connectivity index (χ0n) is 8.74. The number of carbonyl (C=O) groups is 1. The van der Waals surface area contributed by atoms with Crippen molar-refractivity contribution in [3.8, 4) is 0 Å². The second-order valence-corrected chi connectivity index (χ2v) is 4.30. The lowest BCUT2D eigenvalue weighted by Gasteiger charge is -2.10. The predicted molar refractivity (Wildman–Crippen MR) is 64.1 cm³/mol. The molecule has 1 amide bonds. The molecule has 0 aromatic carbocycles. The molecule has 0 fully saturated rings. The monoisotopic (exact) mass is 270 g/mol. The Morgan fingerprint density at radius 2 is 2.40 bits per heavy atom. The van der Waals surface area contributed by atoms with Crippen LogP contribution in [-0.2, 0) is 0 Å². The minimum Gasteiger partial charge on any atom is -0.350 e. The van der Waals surface area contributed by atoms with E-state index in [0.717, 1.165) is 11.8 Å². The van der Waals surface area contributed by atoms with E-state index in [1.165, 1.54) is 0 Å². The number of alkyl halides is 1. The average Bonchev–Trinajstić information content (AvgIpc) is 2.27. The third-order valence-electron chi connectivity index (χ3n) is 2.11. The number of hydrogen-bond donors (Lipinski definition) is 1. The molecule has 1 rings (SSSR count). The van der Waals surface area contributed by atoms with E-state index in [1.54, 1.807) is 18.3 Å². The molecular formula is C11H15BrN2O. The van der Waals surface area contributed by atoms with Crippen molar-refractivity contribution >= 4 is 21.8 Å². The fourth-order valence-corrected chi connectivity index (χ4v) is 1.92. The van der Waals surface area contributed by atoms with Gasteiger partial charge in [-0.05, 0) is 24.5 Å².